The van der Waals surface area contributed by atoms with Gasteiger partial charge in [-0.15, -0.1) is 0 Å². The van der Waals surface area contributed by atoms with Crippen LogP contribution >= 0.6 is 0 Å². The van der Waals surface area contributed by atoms with Crippen molar-refractivity contribution in [2.75, 3.05) is 69.8 Å². The molecule has 3 heterocycles. The molecular weight excluding hydrogens is 444 g/mol. The highest BCUT2D eigenvalue weighted by Crippen LogP contribution is 2.39. The van der Waals surface area contributed by atoms with Crippen LogP contribution in [-0.4, -0.2) is 87.7 Å². The Hall–Kier alpha value is -3.42. The quantitative estimate of drug-likeness (QED) is 0.672. The summed E-state index contributed by atoms with van der Waals surface area (Å²) >= 11 is 0. The van der Waals surface area contributed by atoms with Crippen LogP contribution in [-0.2, 0) is 16.0 Å². The van der Waals surface area contributed by atoms with E-state index < -0.39 is 0 Å². The van der Waals surface area contributed by atoms with Gasteiger partial charge in [0.15, 0.2) is 0 Å². The molecule has 2 atom stereocenters. The lowest BCUT2D eigenvalue weighted by atomic mass is 9.82. The van der Waals surface area contributed by atoms with Crippen molar-refractivity contribution >= 4 is 23.2 Å². The molecule has 5 rings (SSSR count). The summed E-state index contributed by atoms with van der Waals surface area (Å²) in [5.41, 5.74) is 3.51. The first-order valence-electron chi connectivity index (χ1n) is 12.4. The van der Waals surface area contributed by atoms with Gasteiger partial charge in [-0.25, -0.2) is 0 Å². The Morgan fingerprint density at radius 3 is 2.14 bits per heavy atom. The molecular formula is C27H34N4O4. The molecule has 3 aliphatic heterocycles. The van der Waals surface area contributed by atoms with Crippen LogP contribution in [0.1, 0.15) is 12.5 Å². The predicted octanol–water partition coefficient (Wildman–Crippen LogP) is 2.26. The Kier molecular flexibility index (Phi) is 6.45. The van der Waals surface area contributed by atoms with E-state index in [0.29, 0.717) is 32.6 Å². The maximum absolute atomic E-state index is 13.9. The molecule has 0 radical (unpaired) electrons. The largest absolute Gasteiger partial charge is 0.497 e. The van der Waals surface area contributed by atoms with E-state index in [9.17, 15) is 9.59 Å². The first kappa shape index (κ1) is 23.3. The Labute approximate surface area is 207 Å². The molecule has 8 nitrogen and oxygen atoms in total. The minimum atomic E-state index is -0.138. The lowest BCUT2D eigenvalue weighted by Gasteiger charge is -2.50. The summed E-state index contributed by atoms with van der Waals surface area (Å²) in [5, 5.41) is 0. The molecule has 0 saturated carbocycles. The van der Waals surface area contributed by atoms with Crippen molar-refractivity contribution in [2.45, 2.75) is 19.4 Å². The van der Waals surface area contributed by atoms with Crippen LogP contribution in [0.25, 0.3) is 0 Å². The van der Waals surface area contributed by atoms with E-state index in [-0.39, 0.29) is 23.8 Å². The molecule has 0 N–H and O–H groups in total. The van der Waals surface area contributed by atoms with Crippen LogP contribution in [0.2, 0.25) is 0 Å². The summed E-state index contributed by atoms with van der Waals surface area (Å²) in [5.74, 6) is 1.81. The molecule has 0 aromatic heterocycles. The van der Waals surface area contributed by atoms with Gasteiger partial charge in [-0.3, -0.25) is 9.59 Å². The van der Waals surface area contributed by atoms with Gasteiger partial charge in [-0.2, -0.15) is 0 Å². The van der Waals surface area contributed by atoms with Crippen molar-refractivity contribution in [1.82, 2.24) is 9.80 Å². The second-order valence-electron chi connectivity index (χ2n) is 9.54. The number of anilines is 2. The number of hydrogen-bond acceptors (Lipinski definition) is 6. The van der Waals surface area contributed by atoms with Crippen molar-refractivity contribution in [3.8, 4) is 11.5 Å². The van der Waals surface area contributed by atoms with E-state index in [4.69, 9.17) is 9.47 Å². The van der Waals surface area contributed by atoms with Crippen LogP contribution in [0, 0.1) is 5.92 Å². The molecule has 8 heteroatoms. The summed E-state index contributed by atoms with van der Waals surface area (Å²) in [6.45, 7) is 6.47. The van der Waals surface area contributed by atoms with Crippen molar-refractivity contribution < 1.29 is 19.1 Å². The third-order valence-corrected chi connectivity index (χ3v) is 7.72. The molecule has 2 saturated heterocycles. The van der Waals surface area contributed by atoms with E-state index >= 15 is 0 Å². The SMILES string of the molecule is COc1ccc(N2CCN3c4cc(OC)ccc4C[C@@H](C(=O)N4CCN(C(C)=O)CC4)[C@@H]3C2)cc1. The number of methoxy groups -OCH3 is 2. The zero-order valence-electron chi connectivity index (χ0n) is 20.8. The molecule has 0 spiro atoms. The van der Waals surface area contributed by atoms with Crippen LogP contribution in [0.5, 0.6) is 11.5 Å². The number of ether oxygens (including phenoxy) is 2. The molecule has 2 aromatic carbocycles. The average Bonchev–Trinajstić information content (AvgIpc) is 2.91. The molecule has 35 heavy (non-hydrogen) atoms. The molecule has 0 bridgehead atoms. The molecule has 186 valence electrons. The second-order valence-corrected chi connectivity index (χ2v) is 9.54. The van der Waals surface area contributed by atoms with Gasteiger partial charge in [-0.1, -0.05) is 6.07 Å². The topological polar surface area (TPSA) is 65.6 Å². The van der Waals surface area contributed by atoms with Gasteiger partial charge in [0.25, 0.3) is 0 Å². The van der Waals surface area contributed by atoms with Gasteiger partial charge in [0.1, 0.15) is 11.5 Å². The summed E-state index contributed by atoms with van der Waals surface area (Å²) in [6.07, 6.45) is 0.711. The fourth-order valence-electron chi connectivity index (χ4n) is 5.69. The lowest BCUT2D eigenvalue weighted by Crippen LogP contribution is -2.62. The Morgan fingerprint density at radius 1 is 0.829 bits per heavy atom. The number of nitrogens with zero attached hydrogens (tertiary/aromatic N) is 4. The highest BCUT2D eigenvalue weighted by molar-refractivity contribution is 5.83. The zero-order chi connectivity index (χ0) is 24.5. The molecule has 2 amide bonds. The Morgan fingerprint density at radius 2 is 1.49 bits per heavy atom. The fraction of sp³-hybridized carbons (Fsp3) is 0.481. The number of carbonyl (C=O) groups is 2. The third kappa shape index (κ3) is 4.49. The highest BCUT2D eigenvalue weighted by Gasteiger charge is 2.43. The van der Waals surface area contributed by atoms with E-state index in [0.717, 1.165) is 36.8 Å². The van der Waals surface area contributed by atoms with Gasteiger partial charge in [0.05, 0.1) is 26.2 Å². The monoisotopic (exact) mass is 478 g/mol. The molecule has 2 aromatic rings. The smallest absolute Gasteiger partial charge is 0.228 e. The van der Waals surface area contributed by atoms with Gasteiger partial charge >= 0.3 is 0 Å². The number of carbonyl (C=O) groups excluding carboxylic acids is 2. The van der Waals surface area contributed by atoms with E-state index in [1.54, 1.807) is 21.1 Å². The first-order valence-corrected chi connectivity index (χ1v) is 12.4. The number of rotatable bonds is 4. The Balaban J connectivity index is 1.42. The van der Waals surface area contributed by atoms with Crippen molar-refractivity contribution in [2.24, 2.45) is 5.92 Å². The number of hydrogen-bond donors (Lipinski definition) is 0. The second kappa shape index (κ2) is 9.68. The summed E-state index contributed by atoms with van der Waals surface area (Å²) in [7, 11) is 3.37. The van der Waals surface area contributed by atoms with Crippen LogP contribution in [0.15, 0.2) is 42.5 Å². The summed E-state index contributed by atoms with van der Waals surface area (Å²) < 4.78 is 10.8. The Bertz CT molecular complexity index is 1080. The highest BCUT2D eigenvalue weighted by atomic mass is 16.5. The van der Waals surface area contributed by atoms with Crippen LogP contribution in [0.4, 0.5) is 11.4 Å². The van der Waals surface area contributed by atoms with Crippen LogP contribution in [0.3, 0.4) is 0 Å². The standard InChI is InChI=1S/C27H34N4O4/c1-19(32)28-10-12-29(13-11-28)27(33)24-16-20-4-7-23(35-3)17-25(20)31-15-14-30(18-26(24)31)21-5-8-22(34-2)9-6-21/h4-9,17,24,26H,10-16,18H2,1-3H3/t24-,26+/m1/s1. The van der Waals surface area contributed by atoms with E-state index in [2.05, 4.69) is 34.1 Å². The van der Waals surface area contributed by atoms with Gasteiger partial charge in [0.2, 0.25) is 11.8 Å². The number of piperazine rings is 2. The van der Waals surface area contributed by atoms with Gasteiger partial charge < -0.3 is 29.1 Å². The number of fused-ring (bicyclic) bond motifs is 3. The molecule has 0 aliphatic carbocycles. The third-order valence-electron chi connectivity index (χ3n) is 7.72. The maximum Gasteiger partial charge on any atom is 0.228 e. The van der Waals surface area contributed by atoms with Gasteiger partial charge in [-0.05, 0) is 42.3 Å². The molecule has 2 fully saturated rings. The van der Waals surface area contributed by atoms with Crippen LogP contribution < -0.4 is 19.3 Å². The summed E-state index contributed by atoms with van der Waals surface area (Å²) in [6, 6.07) is 14.4. The van der Waals surface area contributed by atoms with E-state index in [1.807, 2.05) is 28.0 Å². The van der Waals surface area contributed by atoms with E-state index in [1.165, 1.54) is 11.3 Å². The van der Waals surface area contributed by atoms with Crippen molar-refractivity contribution in [1.29, 1.82) is 0 Å². The fourth-order valence-corrected chi connectivity index (χ4v) is 5.69. The number of benzene rings is 2. The van der Waals surface area contributed by atoms with Crippen molar-refractivity contribution in [3.05, 3.63) is 48.0 Å². The van der Waals surface area contributed by atoms with Gasteiger partial charge in [0, 0.05) is 70.2 Å². The number of amides is 2. The molecule has 0 unspecified atom stereocenters. The molecule has 3 aliphatic rings. The average molecular weight is 479 g/mol. The minimum Gasteiger partial charge on any atom is -0.497 e. The normalized spacial score (nSPS) is 21.8. The lowest BCUT2D eigenvalue weighted by molar-refractivity contribution is -0.142. The first-order chi connectivity index (χ1) is 17.0. The zero-order valence-corrected chi connectivity index (χ0v) is 20.8. The minimum absolute atomic E-state index is 0.0591. The maximum atomic E-state index is 13.9. The van der Waals surface area contributed by atoms with Crippen molar-refractivity contribution in [3.63, 3.8) is 0 Å². The summed E-state index contributed by atoms with van der Waals surface area (Å²) in [4.78, 5) is 34.2. The predicted molar refractivity (Wildman–Crippen MR) is 135 cm³/mol.